The van der Waals surface area contributed by atoms with Crippen molar-refractivity contribution < 1.29 is 14.3 Å². The first-order chi connectivity index (χ1) is 12.5. The molecular formula is C19H15IN2O3S. The lowest BCUT2D eigenvalue weighted by Crippen LogP contribution is -2.54. The molecule has 0 radical (unpaired) electrons. The summed E-state index contributed by atoms with van der Waals surface area (Å²) in [6, 6.07) is 14.5. The minimum Gasteiger partial charge on any atom is -0.494 e. The first-order valence-corrected chi connectivity index (χ1v) is 9.39. The van der Waals surface area contributed by atoms with Crippen LogP contribution >= 0.6 is 34.8 Å². The van der Waals surface area contributed by atoms with E-state index in [0.29, 0.717) is 18.0 Å². The Morgan fingerprint density at radius 2 is 1.96 bits per heavy atom. The number of nitrogens with zero attached hydrogens (tertiary/aromatic N) is 1. The Kier molecular flexibility index (Phi) is 5.67. The summed E-state index contributed by atoms with van der Waals surface area (Å²) < 4.78 is 6.42. The number of anilines is 1. The minimum atomic E-state index is -0.503. The number of nitrogens with one attached hydrogen (secondary N) is 1. The average molecular weight is 478 g/mol. The molecule has 0 unspecified atom stereocenters. The molecule has 132 valence electrons. The van der Waals surface area contributed by atoms with Gasteiger partial charge in [0.15, 0.2) is 5.11 Å². The highest BCUT2D eigenvalue weighted by Crippen LogP contribution is 2.26. The largest absolute Gasteiger partial charge is 0.494 e. The summed E-state index contributed by atoms with van der Waals surface area (Å²) in [6.45, 7) is 2.39. The van der Waals surface area contributed by atoms with Crippen LogP contribution in [0.3, 0.4) is 0 Å². The van der Waals surface area contributed by atoms with Crippen molar-refractivity contribution in [2.75, 3.05) is 11.5 Å². The third kappa shape index (κ3) is 3.78. The highest BCUT2D eigenvalue weighted by Gasteiger charge is 2.34. The standard InChI is InChI=1S/C19H15IN2O3S/c1-2-25-14-8-5-7-13(11-14)22-18(24)15(17(23)21-19(22)26)10-12-6-3-4-9-16(12)20/h3-11H,2H2,1H3,(H,21,23,26)/b15-10+. The third-order valence-electron chi connectivity index (χ3n) is 3.69. The van der Waals surface area contributed by atoms with E-state index in [2.05, 4.69) is 27.9 Å². The van der Waals surface area contributed by atoms with Crippen molar-refractivity contribution in [1.82, 2.24) is 5.32 Å². The molecule has 0 saturated carbocycles. The van der Waals surface area contributed by atoms with E-state index in [1.165, 1.54) is 4.90 Å². The van der Waals surface area contributed by atoms with Gasteiger partial charge in [-0.2, -0.15) is 0 Å². The summed E-state index contributed by atoms with van der Waals surface area (Å²) in [5.74, 6) is -0.343. The van der Waals surface area contributed by atoms with Crippen LogP contribution < -0.4 is 15.0 Å². The van der Waals surface area contributed by atoms with E-state index < -0.39 is 11.8 Å². The molecule has 26 heavy (non-hydrogen) atoms. The second-order valence-electron chi connectivity index (χ2n) is 5.41. The van der Waals surface area contributed by atoms with Crippen LogP contribution in [0.15, 0.2) is 54.1 Å². The van der Waals surface area contributed by atoms with Gasteiger partial charge in [-0.05, 0) is 71.6 Å². The van der Waals surface area contributed by atoms with Crippen LogP contribution in [0.2, 0.25) is 0 Å². The number of carbonyl (C=O) groups excluding carboxylic acids is 2. The Morgan fingerprint density at radius 1 is 1.19 bits per heavy atom. The normalized spacial score (nSPS) is 16.0. The van der Waals surface area contributed by atoms with Gasteiger partial charge in [0.25, 0.3) is 11.8 Å². The number of ether oxygens (including phenoxy) is 1. The van der Waals surface area contributed by atoms with E-state index in [1.54, 1.807) is 30.3 Å². The molecular weight excluding hydrogens is 463 g/mol. The minimum absolute atomic E-state index is 0.0320. The Balaban J connectivity index is 2.01. The molecule has 0 bridgehead atoms. The number of carbonyl (C=O) groups is 2. The van der Waals surface area contributed by atoms with E-state index in [-0.39, 0.29) is 10.7 Å². The zero-order chi connectivity index (χ0) is 18.7. The first kappa shape index (κ1) is 18.5. The van der Waals surface area contributed by atoms with Crippen molar-refractivity contribution in [2.24, 2.45) is 0 Å². The summed E-state index contributed by atoms with van der Waals surface area (Å²) in [4.78, 5) is 26.6. The lowest BCUT2D eigenvalue weighted by molar-refractivity contribution is -0.122. The number of hydrogen-bond acceptors (Lipinski definition) is 4. The molecule has 0 aromatic heterocycles. The SMILES string of the molecule is CCOc1cccc(N2C(=O)/C(=C/c3ccccc3I)C(=O)NC2=S)c1. The van der Waals surface area contributed by atoms with Crippen molar-refractivity contribution in [3.8, 4) is 5.75 Å². The fourth-order valence-corrected chi connectivity index (χ4v) is 3.34. The van der Waals surface area contributed by atoms with Gasteiger partial charge in [0.05, 0.1) is 12.3 Å². The molecule has 2 aromatic rings. The summed E-state index contributed by atoms with van der Waals surface area (Å²) in [5, 5.41) is 2.64. The molecule has 2 amide bonds. The molecule has 0 aliphatic carbocycles. The molecule has 1 heterocycles. The zero-order valence-electron chi connectivity index (χ0n) is 13.9. The van der Waals surface area contributed by atoms with Gasteiger partial charge in [-0.3, -0.25) is 19.8 Å². The summed E-state index contributed by atoms with van der Waals surface area (Å²) in [6.07, 6.45) is 1.58. The third-order valence-corrected chi connectivity index (χ3v) is 4.96. The maximum atomic E-state index is 13.0. The highest BCUT2D eigenvalue weighted by atomic mass is 127. The van der Waals surface area contributed by atoms with Gasteiger partial charge in [-0.15, -0.1) is 0 Å². The van der Waals surface area contributed by atoms with Gasteiger partial charge in [0.1, 0.15) is 11.3 Å². The lowest BCUT2D eigenvalue weighted by atomic mass is 10.1. The molecule has 0 spiro atoms. The van der Waals surface area contributed by atoms with E-state index in [9.17, 15) is 9.59 Å². The van der Waals surface area contributed by atoms with E-state index >= 15 is 0 Å². The Morgan fingerprint density at radius 3 is 2.69 bits per heavy atom. The Hall–Kier alpha value is -2.26. The molecule has 1 N–H and O–H groups in total. The van der Waals surface area contributed by atoms with E-state index in [4.69, 9.17) is 17.0 Å². The number of rotatable bonds is 4. The fourth-order valence-electron chi connectivity index (χ4n) is 2.52. The lowest BCUT2D eigenvalue weighted by Gasteiger charge is -2.29. The number of amides is 2. The molecule has 0 atom stereocenters. The summed E-state index contributed by atoms with van der Waals surface area (Å²) >= 11 is 7.38. The number of benzene rings is 2. The monoisotopic (exact) mass is 478 g/mol. The molecule has 2 aromatic carbocycles. The van der Waals surface area contributed by atoms with Crippen LogP contribution in [0.1, 0.15) is 12.5 Å². The van der Waals surface area contributed by atoms with Gasteiger partial charge < -0.3 is 4.74 Å². The quantitative estimate of drug-likeness (QED) is 0.316. The van der Waals surface area contributed by atoms with Crippen LogP contribution in [0, 0.1) is 3.57 Å². The van der Waals surface area contributed by atoms with Crippen molar-refractivity contribution in [2.45, 2.75) is 6.92 Å². The van der Waals surface area contributed by atoms with Crippen LogP contribution in [0.5, 0.6) is 5.75 Å². The van der Waals surface area contributed by atoms with E-state index in [1.807, 2.05) is 31.2 Å². The van der Waals surface area contributed by atoms with Gasteiger partial charge in [-0.25, -0.2) is 0 Å². The number of hydrogen-bond donors (Lipinski definition) is 1. The number of halogens is 1. The molecule has 1 aliphatic rings. The van der Waals surface area contributed by atoms with Crippen molar-refractivity contribution >= 4 is 63.5 Å². The van der Waals surface area contributed by atoms with Crippen molar-refractivity contribution in [1.29, 1.82) is 0 Å². The van der Waals surface area contributed by atoms with Gasteiger partial charge in [0.2, 0.25) is 0 Å². The zero-order valence-corrected chi connectivity index (χ0v) is 16.8. The molecule has 7 heteroatoms. The van der Waals surface area contributed by atoms with Crippen molar-refractivity contribution in [3.63, 3.8) is 0 Å². The fraction of sp³-hybridized carbons (Fsp3) is 0.105. The first-order valence-electron chi connectivity index (χ1n) is 7.90. The smallest absolute Gasteiger partial charge is 0.270 e. The molecule has 3 rings (SSSR count). The molecule has 1 fully saturated rings. The number of thiocarbonyl (C=S) groups is 1. The topological polar surface area (TPSA) is 58.6 Å². The molecule has 5 nitrogen and oxygen atoms in total. The summed E-state index contributed by atoms with van der Waals surface area (Å²) in [5.41, 5.74) is 1.37. The maximum absolute atomic E-state index is 13.0. The van der Waals surface area contributed by atoms with E-state index in [0.717, 1.165) is 9.13 Å². The Bertz CT molecular complexity index is 927. The molecule has 1 aliphatic heterocycles. The van der Waals surface area contributed by atoms with Crippen LogP contribution in [0.25, 0.3) is 6.08 Å². The van der Waals surface area contributed by atoms with Crippen LogP contribution in [-0.4, -0.2) is 23.5 Å². The van der Waals surface area contributed by atoms with Gasteiger partial charge >= 0.3 is 0 Å². The molecule has 1 saturated heterocycles. The second kappa shape index (κ2) is 7.96. The van der Waals surface area contributed by atoms with Crippen LogP contribution in [-0.2, 0) is 9.59 Å². The predicted molar refractivity (Wildman–Crippen MR) is 113 cm³/mol. The highest BCUT2D eigenvalue weighted by molar-refractivity contribution is 14.1. The van der Waals surface area contributed by atoms with Crippen LogP contribution in [0.4, 0.5) is 5.69 Å². The second-order valence-corrected chi connectivity index (χ2v) is 6.96. The van der Waals surface area contributed by atoms with Gasteiger partial charge in [-0.1, -0.05) is 24.3 Å². The summed E-state index contributed by atoms with van der Waals surface area (Å²) in [7, 11) is 0. The Labute approximate surface area is 170 Å². The average Bonchev–Trinajstić information content (AvgIpc) is 2.60. The van der Waals surface area contributed by atoms with Crippen molar-refractivity contribution in [3.05, 3.63) is 63.2 Å². The predicted octanol–water partition coefficient (Wildman–Crippen LogP) is 3.52. The van der Waals surface area contributed by atoms with Gasteiger partial charge in [0, 0.05) is 9.64 Å². The maximum Gasteiger partial charge on any atom is 0.270 e.